The molecule has 2 aromatic rings. The number of thioether (sulfide) groups is 1. The molecular formula is C22H28FNO2S. The second-order valence-electron chi connectivity index (χ2n) is 6.98. The van der Waals surface area contributed by atoms with E-state index in [9.17, 15) is 9.18 Å². The van der Waals surface area contributed by atoms with E-state index in [0.717, 1.165) is 22.4 Å². The number of nitrogens with one attached hydrogen (secondary N) is 1. The number of amides is 1. The van der Waals surface area contributed by atoms with Crippen molar-refractivity contribution in [2.75, 3.05) is 12.9 Å². The maximum absolute atomic E-state index is 13.6. The first-order valence-corrected chi connectivity index (χ1v) is 10.3. The molecule has 0 saturated carbocycles. The monoisotopic (exact) mass is 389 g/mol. The zero-order valence-corrected chi connectivity index (χ0v) is 17.5. The molecule has 2 rings (SSSR count). The summed E-state index contributed by atoms with van der Waals surface area (Å²) in [6, 6.07) is 10.7. The summed E-state index contributed by atoms with van der Waals surface area (Å²) in [5.74, 6) is 1.71. The maximum atomic E-state index is 13.6. The van der Waals surface area contributed by atoms with Crippen molar-refractivity contribution >= 4 is 17.7 Å². The van der Waals surface area contributed by atoms with Gasteiger partial charge in [0.15, 0.2) is 0 Å². The summed E-state index contributed by atoms with van der Waals surface area (Å²) < 4.78 is 19.1. The van der Waals surface area contributed by atoms with Crippen LogP contribution in [0.4, 0.5) is 4.39 Å². The molecule has 5 heteroatoms. The highest BCUT2D eigenvalue weighted by Crippen LogP contribution is 2.32. The molecule has 2 aromatic carbocycles. The predicted octanol–water partition coefficient (Wildman–Crippen LogP) is 5.38. The number of carbonyl (C=O) groups is 1. The molecule has 1 unspecified atom stereocenters. The van der Waals surface area contributed by atoms with Crippen molar-refractivity contribution in [3.05, 3.63) is 64.5 Å². The van der Waals surface area contributed by atoms with Crippen LogP contribution in [0.5, 0.6) is 5.75 Å². The second-order valence-corrected chi connectivity index (χ2v) is 7.96. The van der Waals surface area contributed by atoms with E-state index >= 15 is 0 Å². The lowest BCUT2D eigenvalue weighted by Crippen LogP contribution is -2.28. The molecule has 0 aromatic heterocycles. The SMILES string of the molecule is COc1cc(C)c(C(C)NC(=O)CSCc2ccccc2F)cc1C(C)C. The lowest BCUT2D eigenvalue weighted by molar-refractivity contribution is -0.119. The third-order valence-electron chi connectivity index (χ3n) is 4.53. The Kier molecular flexibility index (Phi) is 7.72. The minimum atomic E-state index is -0.228. The van der Waals surface area contributed by atoms with Crippen LogP contribution in [-0.4, -0.2) is 18.8 Å². The maximum Gasteiger partial charge on any atom is 0.230 e. The quantitative estimate of drug-likeness (QED) is 0.659. The van der Waals surface area contributed by atoms with Crippen molar-refractivity contribution in [3.8, 4) is 5.75 Å². The fourth-order valence-electron chi connectivity index (χ4n) is 3.04. The molecule has 1 N–H and O–H groups in total. The van der Waals surface area contributed by atoms with Gasteiger partial charge >= 0.3 is 0 Å². The highest BCUT2D eigenvalue weighted by atomic mass is 32.2. The summed E-state index contributed by atoms with van der Waals surface area (Å²) in [5, 5.41) is 3.05. The minimum Gasteiger partial charge on any atom is -0.496 e. The molecule has 0 aliphatic carbocycles. The van der Waals surface area contributed by atoms with E-state index in [1.165, 1.54) is 17.8 Å². The van der Waals surface area contributed by atoms with Gasteiger partial charge in [-0.1, -0.05) is 32.0 Å². The van der Waals surface area contributed by atoms with Crippen molar-refractivity contribution in [2.24, 2.45) is 0 Å². The molecule has 3 nitrogen and oxygen atoms in total. The third kappa shape index (κ3) is 5.73. The molecule has 0 radical (unpaired) electrons. The van der Waals surface area contributed by atoms with E-state index in [2.05, 4.69) is 25.2 Å². The molecule has 0 spiro atoms. The molecule has 0 aliphatic rings. The predicted molar refractivity (Wildman–Crippen MR) is 111 cm³/mol. The lowest BCUT2D eigenvalue weighted by Gasteiger charge is -2.21. The summed E-state index contributed by atoms with van der Waals surface area (Å²) >= 11 is 1.41. The van der Waals surface area contributed by atoms with Gasteiger partial charge in [0.25, 0.3) is 0 Å². The highest BCUT2D eigenvalue weighted by Gasteiger charge is 2.17. The first kappa shape index (κ1) is 21.3. The Balaban J connectivity index is 1.98. The first-order chi connectivity index (χ1) is 12.8. The number of aryl methyl sites for hydroxylation is 1. The Bertz CT molecular complexity index is 792. The van der Waals surface area contributed by atoms with Crippen LogP contribution in [0.2, 0.25) is 0 Å². The number of carbonyl (C=O) groups excluding carboxylic acids is 1. The van der Waals surface area contributed by atoms with Crippen LogP contribution in [0, 0.1) is 12.7 Å². The van der Waals surface area contributed by atoms with E-state index < -0.39 is 0 Å². The average molecular weight is 390 g/mol. The van der Waals surface area contributed by atoms with Gasteiger partial charge < -0.3 is 10.1 Å². The highest BCUT2D eigenvalue weighted by molar-refractivity contribution is 7.99. The van der Waals surface area contributed by atoms with Crippen LogP contribution in [0.15, 0.2) is 36.4 Å². The van der Waals surface area contributed by atoms with Crippen molar-refractivity contribution in [1.82, 2.24) is 5.32 Å². The second kappa shape index (κ2) is 9.79. The number of hydrogen-bond acceptors (Lipinski definition) is 3. The number of rotatable bonds is 8. The molecule has 0 bridgehead atoms. The van der Waals surface area contributed by atoms with Crippen LogP contribution >= 0.6 is 11.8 Å². The molecule has 1 amide bonds. The van der Waals surface area contributed by atoms with E-state index in [1.54, 1.807) is 25.3 Å². The molecular weight excluding hydrogens is 361 g/mol. The number of benzene rings is 2. The van der Waals surface area contributed by atoms with Crippen LogP contribution in [0.25, 0.3) is 0 Å². The van der Waals surface area contributed by atoms with Gasteiger partial charge in [-0.05, 0) is 60.2 Å². The van der Waals surface area contributed by atoms with Crippen molar-refractivity contribution in [2.45, 2.75) is 45.4 Å². The van der Waals surface area contributed by atoms with Crippen LogP contribution in [-0.2, 0) is 10.5 Å². The van der Waals surface area contributed by atoms with Gasteiger partial charge in [0, 0.05) is 5.75 Å². The number of hydrogen-bond donors (Lipinski definition) is 1. The fraction of sp³-hybridized carbons (Fsp3) is 0.409. The molecule has 27 heavy (non-hydrogen) atoms. The Labute approximate surface area is 165 Å². The molecule has 0 heterocycles. The smallest absolute Gasteiger partial charge is 0.230 e. The topological polar surface area (TPSA) is 38.3 Å². The largest absolute Gasteiger partial charge is 0.496 e. The molecule has 0 aliphatic heterocycles. The van der Waals surface area contributed by atoms with Gasteiger partial charge in [-0.3, -0.25) is 4.79 Å². The molecule has 146 valence electrons. The van der Waals surface area contributed by atoms with E-state index in [4.69, 9.17) is 4.74 Å². The van der Waals surface area contributed by atoms with Gasteiger partial charge in [0.2, 0.25) is 5.91 Å². The number of methoxy groups -OCH3 is 1. The van der Waals surface area contributed by atoms with Crippen molar-refractivity contribution < 1.29 is 13.9 Å². The Morgan fingerprint density at radius 1 is 1.19 bits per heavy atom. The third-order valence-corrected chi connectivity index (χ3v) is 5.51. The summed E-state index contributed by atoms with van der Waals surface area (Å²) in [6.07, 6.45) is 0. The van der Waals surface area contributed by atoms with E-state index in [-0.39, 0.29) is 17.8 Å². The van der Waals surface area contributed by atoms with Crippen molar-refractivity contribution in [1.29, 1.82) is 0 Å². The van der Waals surface area contributed by atoms with Crippen LogP contribution < -0.4 is 10.1 Å². The Morgan fingerprint density at radius 2 is 1.89 bits per heavy atom. The lowest BCUT2D eigenvalue weighted by atomic mass is 9.93. The first-order valence-electron chi connectivity index (χ1n) is 9.12. The molecule has 0 saturated heterocycles. The van der Waals surface area contributed by atoms with Gasteiger partial charge in [-0.15, -0.1) is 11.8 Å². The normalized spacial score (nSPS) is 12.1. The number of halogens is 1. The van der Waals surface area contributed by atoms with Gasteiger partial charge in [-0.25, -0.2) is 4.39 Å². The zero-order chi connectivity index (χ0) is 20.0. The standard InChI is InChI=1S/C22H28FNO2S/c1-14(2)18-11-19(15(3)10-21(18)26-5)16(4)24-22(25)13-27-12-17-8-6-7-9-20(17)23/h6-11,14,16H,12-13H2,1-5H3,(H,24,25). The number of ether oxygens (including phenoxy) is 1. The Morgan fingerprint density at radius 3 is 2.52 bits per heavy atom. The summed E-state index contributed by atoms with van der Waals surface area (Å²) in [5.41, 5.74) is 3.93. The Hall–Kier alpha value is -2.01. The van der Waals surface area contributed by atoms with Crippen molar-refractivity contribution in [3.63, 3.8) is 0 Å². The zero-order valence-electron chi connectivity index (χ0n) is 16.6. The van der Waals surface area contributed by atoms with Gasteiger partial charge in [0.1, 0.15) is 11.6 Å². The average Bonchev–Trinajstić information content (AvgIpc) is 2.62. The molecule has 1 atom stereocenters. The van der Waals surface area contributed by atoms with E-state index in [1.807, 2.05) is 19.9 Å². The fourth-order valence-corrected chi connectivity index (χ4v) is 3.87. The van der Waals surface area contributed by atoms with E-state index in [0.29, 0.717) is 23.0 Å². The van der Waals surface area contributed by atoms with Crippen LogP contribution in [0.3, 0.4) is 0 Å². The van der Waals surface area contributed by atoms with Crippen LogP contribution in [0.1, 0.15) is 55.0 Å². The molecule has 0 fully saturated rings. The summed E-state index contributed by atoms with van der Waals surface area (Å²) in [4.78, 5) is 12.3. The summed E-state index contributed by atoms with van der Waals surface area (Å²) in [7, 11) is 1.68. The van der Waals surface area contributed by atoms with Gasteiger partial charge in [0.05, 0.1) is 18.9 Å². The van der Waals surface area contributed by atoms with Gasteiger partial charge in [-0.2, -0.15) is 0 Å². The minimum absolute atomic E-state index is 0.0508. The summed E-state index contributed by atoms with van der Waals surface area (Å²) in [6.45, 7) is 8.26.